The van der Waals surface area contributed by atoms with Gasteiger partial charge in [-0.1, -0.05) is 37.3 Å². The Kier molecular flexibility index (Phi) is 11.6. The van der Waals surface area contributed by atoms with Gasteiger partial charge in [-0.25, -0.2) is 0 Å². The summed E-state index contributed by atoms with van der Waals surface area (Å²) in [5.41, 5.74) is 1.19. The molecule has 0 aromatic heterocycles. The maximum atomic E-state index is 12.5. The van der Waals surface area contributed by atoms with E-state index < -0.39 is 0 Å². The Morgan fingerprint density at radius 3 is 2.58 bits per heavy atom. The largest absolute Gasteiger partial charge is 0.376 e. The van der Waals surface area contributed by atoms with Crippen LogP contribution in [-0.2, 0) is 20.9 Å². The van der Waals surface area contributed by atoms with Gasteiger partial charge in [0.1, 0.15) is 6.10 Å². The maximum absolute atomic E-state index is 12.5. The van der Waals surface area contributed by atoms with Gasteiger partial charge in [0, 0.05) is 45.9 Å². The zero-order valence-corrected chi connectivity index (χ0v) is 21.1. The van der Waals surface area contributed by atoms with Gasteiger partial charge in [-0.2, -0.15) is 0 Å². The van der Waals surface area contributed by atoms with E-state index in [0.717, 1.165) is 51.5 Å². The highest BCUT2D eigenvalue weighted by molar-refractivity contribution is 14.0. The summed E-state index contributed by atoms with van der Waals surface area (Å²) in [6.45, 7) is 10.8. The fourth-order valence-corrected chi connectivity index (χ4v) is 3.79. The molecule has 2 fully saturated rings. The molecular formula is C23H37IN4O3. The molecule has 1 amide bonds. The minimum absolute atomic E-state index is 0. The summed E-state index contributed by atoms with van der Waals surface area (Å²) >= 11 is 0. The van der Waals surface area contributed by atoms with Crippen molar-refractivity contribution >= 4 is 35.8 Å². The quantitative estimate of drug-likeness (QED) is 0.310. The molecular weight excluding hydrogens is 507 g/mol. The number of aliphatic imine (C=N–C) groups is 1. The number of carbonyl (C=O) groups is 1. The van der Waals surface area contributed by atoms with E-state index in [1.54, 1.807) is 0 Å². The third kappa shape index (κ3) is 8.23. The number of nitrogens with one attached hydrogen (secondary N) is 1. The number of guanidine groups is 1. The SMILES string of the molecule is CCNC(=NCC(C)COCc1ccccc1)N1CCN(C(=O)C2CCCO2)CC1.I. The Bertz CT molecular complexity index is 675. The molecule has 2 atom stereocenters. The molecule has 31 heavy (non-hydrogen) atoms. The second-order valence-corrected chi connectivity index (χ2v) is 8.11. The molecule has 2 heterocycles. The van der Waals surface area contributed by atoms with Gasteiger partial charge in [-0.15, -0.1) is 24.0 Å². The predicted octanol–water partition coefficient (Wildman–Crippen LogP) is 2.75. The molecule has 2 aliphatic heterocycles. The van der Waals surface area contributed by atoms with E-state index in [1.807, 2.05) is 23.1 Å². The van der Waals surface area contributed by atoms with Crippen LogP contribution in [0.2, 0.25) is 0 Å². The van der Waals surface area contributed by atoms with Crippen LogP contribution in [0.3, 0.4) is 0 Å². The summed E-state index contributed by atoms with van der Waals surface area (Å²) in [7, 11) is 0. The highest BCUT2D eigenvalue weighted by Gasteiger charge is 2.30. The van der Waals surface area contributed by atoms with Crippen LogP contribution in [-0.4, -0.2) is 80.3 Å². The van der Waals surface area contributed by atoms with E-state index in [-0.39, 0.29) is 36.0 Å². The molecule has 0 bridgehead atoms. The molecule has 2 unspecified atom stereocenters. The highest BCUT2D eigenvalue weighted by atomic mass is 127. The van der Waals surface area contributed by atoms with E-state index >= 15 is 0 Å². The lowest BCUT2D eigenvalue weighted by Gasteiger charge is -2.37. The van der Waals surface area contributed by atoms with Crippen LogP contribution in [0.15, 0.2) is 35.3 Å². The molecule has 2 saturated heterocycles. The number of rotatable bonds is 8. The lowest BCUT2D eigenvalue weighted by Crippen LogP contribution is -2.55. The molecule has 0 radical (unpaired) electrons. The number of amides is 1. The first-order valence-corrected chi connectivity index (χ1v) is 11.2. The van der Waals surface area contributed by atoms with Crippen LogP contribution in [0, 0.1) is 5.92 Å². The molecule has 0 spiro atoms. The Hall–Kier alpha value is -1.39. The Morgan fingerprint density at radius 1 is 1.23 bits per heavy atom. The fourth-order valence-electron chi connectivity index (χ4n) is 3.79. The lowest BCUT2D eigenvalue weighted by molar-refractivity contribution is -0.142. The molecule has 3 rings (SSSR count). The van der Waals surface area contributed by atoms with E-state index in [4.69, 9.17) is 14.5 Å². The van der Waals surface area contributed by atoms with E-state index in [9.17, 15) is 4.79 Å². The molecule has 8 heteroatoms. The fraction of sp³-hybridized carbons (Fsp3) is 0.652. The van der Waals surface area contributed by atoms with Crippen molar-refractivity contribution < 1.29 is 14.3 Å². The third-order valence-electron chi connectivity index (χ3n) is 5.50. The Morgan fingerprint density at radius 2 is 1.94 bits per heavy atom. The van der Waals surface area contributed by atoms with Gasteiger partial charge in [-0.3, -0.25) is 9.79 Å². The topological polar surface area (TPSA) is 66.4 Å². The summed E-state index contributed by atoms with van der Waals surface area (Å²) in [6, 6.07) is 10.2. The number of halogens is 1. The minimum atomic E-state index is -0.227. The zero-order chi connectivity index (χ0) is 21.2. The van der Waals surface area contributed by atoms with Crippen LogP contribution in [0.5, 0.6) is 0 Å². The first-order chi connectivity index (χ1) is 14.7. The predicted molar refractivity (Wildman–Crippen MR) is 134 cm³/mol. The number of carbonyl (C=O) groups excluding carboxylic acids is 1. The van der Waals surface area contributed by atoms with Crippen molar-refractivity contribution in [1.29, 1.82) is 0 Å². The van der Waals surface area contributed by atoms with Gasteiger partial charge in [0.2, 0.25) is 0 Å². The zero-order valence-electron chi connectivity index (χ0n) is 18.8. The summed E-state index contributed by atoms with van der Waals surface area (Å²) < 4.78 is 11.4. The first-order valence-electron chi connectivity index (χ1n) is 11.2. The molecule has 1 aromatic rings. The number of ether oxygens (including phenoxy) is 2. The van der Waals surface area contributed by atoms with Gasteiger partial charge in [0.15, 0.2) is 5.96 Å². The van der Waals surface area contributed by atoms with Crippen LogP contribution < -0.4 is 5.32 Å². The summed E-state index contributed by atoms with van der Waals surface area (Å²) in [5.74, 6) is 1.42. The molecule has 0 aliphatic carbocycles. The number of nitrogens with zero attached hydrogens (tertiary/aromatic N) is 3. The van der Waals surface area contributed by atoms with Gasteiger partial charge in [0.25, 0.3) is 5.91 Å². The van der Waals surface area contributed by atoms with Crippen LogP contribution in [0.1, 0.15) is 32.3 Å². The average Bonchev–Trinajstić information content (AvgIpc) is 3.32. The maximum Gasteiger partial charge on any atom is 0.251 e. The van der Waals surface area contributed by atoms with E-state index in [1.165, 1.54) is 5.56 Å². The van der Waals surface area contributed by atoms with Crippen molar-refractivity contribution in [1.82, 2.24) is 15.1 Å². The van der Waals surface area contributed by atoms with Crippen molar-refractivity contribution in [3.8, 4) is 0 Å². The first kappa shape index (κ1) is 25.9. The highest BCUT2D eigenvalue weighted by Crippen LogP contribution is 2.16. The minimum Gasteiger partial charge on any atom is -0.376 e. The van der Waals surface area contributed by atoms with Crippen molar-refractivity contribution in [3.05, 3.63) is 35.9 Å². The van der Waals surface area contributed by atoms with Gasteiger partial charge >= 0.3 is 0 Å². The van der Waals surface area contributed by atoms with Crippen LogP contribution >= 0.6 is 24.0 Å². The number of piperazine rings is 1. The molecule has 1 N–H and O–H groups in total. The van der Waals surface area contributed by atoms with Crippen molar-refractivity contribution in [2.75, 3.05) is 52.5 Å². The number of benzene rings is 1. The summed E-state index contributed by atoms with van der Waals surface area (Å²) in [6.07, 6.45) is 1.61. The monoisotopic (exact) mass is 544 g/mol. The Labute approximate surface area is 203 Å². The third-order valence-corrected chi connectivity index (χ3v) is 5.50. The van der Waals surface area contributed by atoms with Gasteiger partial charge in [-0.05, 0) is 31.2 Å². The van der Waals surface area contributed by atoms with E-state index in [0.29, 0.717) is 32.3 Å². The molecule has 174 valence electrons. The standard InChI is InChI=1S/C23H36N4O3.HI/c1-3-24-23(25-16-19(2)17-29-18-20-8-5-4-6-9-20)27-13-11-26(12-14-27)22(28)21-10-7-15-30-21;/h4-6,8-9,19,21H,3,7,10-18H2,1-2H3,(H,24,25);1H. The number of hydrogen-bond donors (Lipinski definition) is 1. The second kappa shape index (κ2) is 13.9. The van der Waals surface area contributed by atoms with Gasteiger partial charge in [0.05, 0.1) is 13.2 Å². The van der Waals surface area contributed by atoms with E-state index in [2.05, 4.69) is 36.2 Å². The second-order valence-electron chi connectivity index (χ2n) is 8.11. The van der Waals surface area contributed by atoms with Crippen molar-refractivity contribution in [2.45, 2.75) is 39.4 Å². The van der Waals surface area contributed by atoms with Crippen LogP contribution in [0.25, 0.3) is 0 Å². The Balaban J connectivity index is 0.00000341. The summed E-state index contributed by atoms with van der Waals surface area (Å²) in [5, 5.41) is 3.40. The smallest absolute Gasteiger partial charge is 0.251 e. The molecule has 7 nitrogen and oxygen atoms in total. The molecule has 1 aromatic carbocycles. The molecule has 2 aliphatic rings. The lowest BCUT2D eigenvalue weighted by atomic mass is 10.2. The van der Waals surface area contributed by atoms with Gasteiger partial charge < -0.3 is 24.6 Å². The molecule has 0 saturated carbocycles. The number of hydrogen-bond acceptors (Lipinski definition) is 4. The van der Waals surface area contributed by atoms with Crippen molar-refractivity contribution in [3.63, 3.8) is 0 Å². The normalized spacial score (nSPS) is 20.3. The van der Waals surface area contributed by atoms with Crippen molar-refractivity contribution in [2.24, 2.45) is 10.9 Å². The van der Waals surface area contributed by atoms with Crippen LogP contribution in [0.4, 0.5) is 0 Å². The average molecular weight is 544 g/mol. The summed E-state index contributed by atoms with van der Waals surface area (Å²) in [4.78, 5) is 21.6.